The van der Waals surface area contributed by atoms with Gasteiger partial charge in [-0.3, -0.25) is 13.9 Å². The summed E-state index contributed by atoms with van der Waals surface area (Å²) in [5, 5.41) is 14.1. The summed E-state index contributed by atoms with van der Waals surface area (Å²) >= 11 is 0. The molecule has 9 heteroatoms. The Morgan fingerprint density at radius 3 is 2.83 bits per heavy atom. The molecule has 4 aromatic rings. The molecule has 3 heterocycles. The first kappa shape index (κ1) is 19.0. The molecule has 0 aliphatic carbocycles. The molecule has 0 bridgehead atoms. The van der Waals surface area contributed by atoms with Crippen molar-refractivity contribution in [1.29, 1.82) is 0 Å². The van der Waals surface area contributed by atoms with Crippen molar-refractivity contribution in [3.8, 4) is 5.75 Å². The van der Waals surface area contributed by atoms with Crippen molar-refractivity contribution in [3.05, 3.63) is 57.1 Å². The average Bonchev–Trinajstić information content (AvgIpc) is 3.31. The number of imidazole rings is 1. The van der Waals surface area contributed by atoms with Crippen molar-refractivity contribution in [1.82, 2.24) is 29.0 Å². The van der Waals surface area contributed by atoms with Gasteiger partial charge in [0, 0.05) is 37.7 Å². The molecule has 9 nitrogen and oxygen atoms in total. The van der Waals surface area contributed by atoms with Gasteiger partial charge in [-0.1, -0.05) is 0 Å². The van der Waals surface area contributed by atoms with E-state index >= 15 is 0 Å². The van der Waals surface area contributed by atoms with Gasteiger partial charge < -0.3 is 20.0 Å². The predicted octanol–water partition coefficient (Wildman–Crippen LogP) is 0.843. The summed E-state index contributed by atoms with van der Waals surface area (Å²) in [4.78, 5) is 31.9. The number of hydrogen-bond donors (Lipinski definition) is 3. The average molecular weight is 396 g/mol. The Labute approximate surface area is 166 Å². The van der Waals surface area contributed by atoms with Crippen molar-refractivity contribution in [3.63, 3.8) is 0 Å². The van der Waals surface area contributed by atoms with Crippen molar-refractivity contribution >= 4 is 22.1 Å². The molecule has 152 valence electrons. The maximum atomic E-state index is 12.4. The fraction of sp³-hybridized carbons (Fsp3) is 0.350. The van der Waals surface area contributed by atoms with E-state index in [0.717, 1.165) is 47.0 Å². The van der Waals surface area contributed by atoms with Crippen LogP contribution in [0.5, 0.6) is 5.75 Å². The molecule has 0 spiro atoms. The Morgan fingerprint density at radius 2 is 2.00 bits per heavy atom. The quantitative estimate of drug-likeness (QED) is 0.401. The number of nitrogens with zero attached hydrogens (tertiary/aromatic N) is 4. The number of aromatic amines is 1. The van der Waals surface area contributed by atoms with Gasteiger partial charge in [0.2, 0.25) is 0 Å². The van der Waals surface area contributed by atoms with Crippen LogP contribution in [0.25, 0.3) is 22.1 Å². The van der Waals surface area contributed by atoms with Crippen LogP contribution in [0.3, 0.4) is 0 Å². The maximum absolute atomic E-state index is 12.4. The van der Waals surface area contributed by atoms with Gasteiger partial charge >= 0.3 is 5.69 Å². The molecule has 0 atom stereocenters. The van der Waals surface area contributed by atoms with Crippen LogP contribution >= 0.6 is 0 Å². The number of aromatic hydroxyl groups is 1. The standard InChI is InChI=1S/C20H24N6O3/c1-24-18-17(19(28)25(2)20(24)29)26(12-23-18)9-3-7-21-8-6-13-11-22-16-5-4-14(27)10-15(13)16/h4-5,10-12,21-22,27H,3,6-9H2,1-2H3. The highest BCUT2D eigenvalue weighted by Crippen LogP contribution is 2.23. The monoisotopic (exact) mass is 396 g/mol. The zero-order chi connectivity index (χ0) is 20.5. The largest absolute Gasteiger partial charge is 0.508 e. The van der Waals surface area contributed by atoms with E-state index in [-0.39, 0.29) is 17.0 Å². The second-order valence-corrected chi connectivity index (χ2v) is 7.21. The van der Waals surface area contributed by atoms with E-state index in [1.807, 2.05) is 12.3 Å². The van der Waals surface area contributed by atoms with Crippen LogP contribution in [0.1, 0.15) is 12.0 Å². The fourth-order valence-electron chi connectivity index (χ4n) is 3.66. The number of aryl methyl sites for hydroxylation is 2. The summed E-state index contributed by atoms with van der Waals surface area (Å²) < 4.78 is 4.31. The molecule has 4 rings (SSSR count). The predicted molar refractivity (Wildman–Crippen MR) is 111 cm³/mol. The molecular formula is C20H24N6O3. The molecule has 0 radical (unpaired) electrons. The van der Waals surface area contributed by atoms with Crippen LogP contribution < -0.4 is 16.6 Å². The number of nitrogens with one attached hydrogen (secondary N) is 2. The number of aromatic nitrogens is 5. The Hall–Kier alpha value is -3.33. The lowest BCUT2D eigenvalue weighted by atomic mass is 10.1. The molecule has 0 aliphatic rings. The van der Waals surface area contributed by atoms with Crippen molar-refractivity contribution < 1.29 is 5.11 Å². The molecule has 0 fully saturated rings. The first-order chi connectivity index (χ1) is 14.0. The van der Waals surface area contributed by atoms with Gasteiger partial charge in [-0.2, -0.15) is 0 Å². The highest BCUT2D eigenvalue weighted by Gasteiger charge is 2.13. The fourth-order valence-corrected chi connectivity index (χ4v) is 3.66. The maximum Gasteiger partial charge on any atom is 0.332 e. The molecule has 0 amide bonds. The summed E-state index contributed by atoms with van der Waals surface area (Å²) in [5.74, 6) is 0.266. The number of phenols is 1. The Balaban J connectivity index is 1.34. The second-order valence-electron chi connectivity index (χ2n) is 7.21. The molecule has 0 saturated heterocycles. The van der Waals surface area contributed by atoms with E-state index in [2.05, 4.69) is 15.3 Å². The third-order valence-electron chi connectivity index (χ3n) is 5.29. The van der Waals surface area contributed by atoms with Crippen LogP contribution in [0.2, 0.25) is 0 Å². The van der Waals surface area contributed by atoms with Crippen molar-refractivity contribution in [2.45, 2.75) is 19.4 Å². The van der Waals surface area contributed by atoms with Gasteiger partial charge in [-0.15, -0.1) is 0 Å². The molecule has 29 heavy (non-hydrogen) atoms. The van der Waals surface area contributed by atoms with E-state index in [0.29, 0.717) is 17.7 Å². The van der Waals surface area contributed by atoms with Crippen molar-refractivity contribution in [2.75, 3.05) is 13.1 Å². The topological polar surface area (TPSA) is 110 Å². The number of H-pyrrole nitrogens is 1. The smallest absolute Gasteiger partial charge is 0.332 e. The van der Waals surface area contributed by atoms with Crippen LogP contribution in [0, 0.1) is 0 Å². The van der Waals surface area contributed by atoms with Gasteiger partial charge in [0.15, 0.2) is 11.2 Å². The highest BCUT2D eigenvalue weighted by atomic mass is 16.3. The lowest BCUT2D eigenvalue weighted by molar-refractivity contribution is 0.476. The number of fused-ring (bicyclic) bond motifs is 2. The summed E-state index contributed by atoms with van der Waals surface area (Å²) in [6.07, 6.45) is 5.26. The zero-order valence-electron chi connectivity index (χ0n) is 16.5. The molecule has 3 aromatic heterocycles. The molecule has 0 saturated carbocycles. The second kappa shape index (κ2) is 7.59. The van der Waals surface area contributed by atoms with E-state index < -0.39 is 0 Å². The van der Waals surface area contributed by atoms with Crippen LogP contribution in [0.4, 0.5) is 0 Å². The molecule has 3 N–H and O–H groups in total. The number of hydrogen-bond acceptors (Lipinski definition) is 5. The lowest BCUT2D eigenvalue weighted by Crippen LogP contribution is -2.37. The highest BCUT2D eigenvalue weighted by molar-refractivity contribution is 5.84. The Morgan fingerprint density at radius 1 is 1.17 bits per heavy atom. The molecule has 0 aliphatic heterocycles. The van der Waals surface area contributed by atoms with E-state index in [1.165, 1.54) is 11.6 Å². The summed E-state index contributed by atoms with van der Waals surface area (Å²) in [7, 11) is 3.10. The van der Waals surface area contributed by atoms with Gasteiger partial charge in [0.1, 0.15) is 5.75 Å². The van der Waals surface area contributed by atoms with E-state index in [1.54, 1.807) is 30.1 Å². The minimum Gasteiger partial charge on any atom is -0.508 e. The van der Waals surface area contributed by atoms with E-state index in [9.17, 15) is 14.7 Å². The van der Waals surface area contributed by atoms with Crippen molar-refractivity contribution in [2.24, 2.45) is 14.1 Å². The number of benzene rings is 1. The summed E-state index contributed by atoms with van der Waals surface area (Å²) in [6.45, 7) is 2.24. The third-order valence-corrected chi connectivity index (χ3v) is 5.29. The van der Waals surface area contributed by atoms with Crippen LogP contribution in [0.15, 0.2) is 40.3 Å². The van der Waals surface area contributed by atoms with Crippen LogP contribution in [-0.4, -0.2) is 41.9 Å². The van der Waals surface area contributed by atoms with Gasteiger partial charge in [0.25, 0.3) is 5.56 Å². The SMILES string of the molecule is Cn1c(=O)c2c(ncn2CCCNCCc2c[nH]c3ccc(O)cc23)n(C)c1=O. The van der Waals surface area contributed by atoms with Gasteiger partial charge in [-0.05, 0) is 49.7 Å². The van der Waals surface area contributed by atoms with Gasteiger partial charge in [0.05, 0.1) is 6.33 Å². The molecular weight excluding hydrogens is 372 g/mol. The third kappa shape index (κ3) is 3.44. The lowest BCUT2D eigenvalue weighted by Gasteiger charge is -2.08. The first-order valence-corrected chi connectivity index (χ1v) is 9.58. The Kier molecular flexibility index (Phi) is 4.98. The number of phenolic OH excluding ortho intramolecular Hbond substituents is 1. The summed E-state index contributed by atoms with van der Waals surface area (Å²) in [5.41, 5.74) is 2.34. The minimum atomic E-state index is -0.375. The minimum absolute atomic E-state index is 0.266. The normalized spacial score (nSPS) is 11.7. The van der Waals surface area contributed by atoms with Gasteiger partial charge in [-0.25, -0.2) is 9.78 Å². The molecule has 0 unspecified atom stereocenters. The van der Waals surface area contributed by atoms with E-state index in [4.69, 9.17) is 0 Å². The Bertz CT molecular complexity index is 1290. The van der Waals surface area contributed by atoms with Crippen LogP contribution in [-0.2, 0) is 27.1 Å². The molecule has 1 aromatic carbocycles. The number of rotatable bonds is 7. The first-order valence-electron chi connectivity index (χ1n) is 9.58. The summed E-state index contributed by atoms with van der Waals surface area (Å²) in [6, 6.07) is 5.32. The zero-order valence-corrected chi connectivity index (χ0v) is 16.5.